The van der Waals surface area contributed by atoms with Crippen molar-refractivity contribution >= 4 is 28.9 Å². The predicted molar refractivity (Wildman–Crippen MR) is 127 cm³/mol. The summed E-state index contributed by atoms with van der Waals surface area (Å²) in [6.45, 7) is 5.37. The Hall–Kier alpha value is -3.79. The highest BCUT2D eigenvalue weighted by atomic mass is 16.5. The second-order valence-electron chi connectivity index (χ2n) is 9.07. The van der Waals surface area contributed by atoms with Crippen LogP contribution < -0.4 is 20.3 Å². The summed E-state index contributed by atoms with van der Waals surface area (Å²) in [6, 6.07) is 2.14. The van der Waals surface area contributed by atoms with E-state index in [-0.39, 0.29) is 12.5 Å². The predicted octanol–water partition coefficient (Wildman–Crippen LogP) is 2.20. The van der Waals surface area contributed by atoms with Crippen LogP contribution in [0.4, 0.5) is 23.0 Å². The minimum Gasteiger partial charge on any atom is -0.466 e. The molecule has 0 unspecified atom stereocenters. The number of carbonyl (C=O) groups excluding carboxylic acids is 1. The van der Waals surface area contributed by atoms with Gasteiger partial charge in [-0.3, -0.25) is 9.78 Å². The largest absolute Gasteiger partial charge is 0.466 e. The molecule has 6 heterocycles. The monoisotopic (exact) mass is 458 g/mol. The van der Waals surface area contributed by atoms with E-state index in [1.807, 2.05) is 25.5 Å². The van der Waals surface area contributed by atoms with Crippen LogP contribution in [0.2, 0.25) is 0 Å². The van der Waals surface area contributed by atoms with Crippen LogP contribution in [-0.2, 0) is 30.7 Å². The zero-order valence-corrected chi connectivity index (χ0v) is 19.3. The Morgan fingerprint density at radius 1 is 1.03 bits per heavy atom. The fraction of sp³-hybridized carbons (Fsp3) is 0.375. The number of likely N-dealkylation sites (N-methyl/N-ethyl adjacent to an activating group) is 1. The highest BCUT2D eigenvalue weighted by Gasteiger charge is 2.26. The first-order valence-electron chi connectivity index (χ1n) is 11.5. The Morgan fingerprint density at radius 3 is 2.85 bits per heavy atom. The van der Waals surface area contributed by atoms with E-state index in [2.05, 4.69) is 48.5 Å². The van der Waals surface area contributed by atoms with Gasteiger partial charge in [-0.15, -0.1) is 0 Å². The van der Waals surface area contributed by atoms with Gasteiger partial charge < -0.3 is 25.2 Å². The third-order valence-corrected chi connectivity index (χ3v) is 6.65. The molecule has 0 radical (unpaired) electrons. The fourth-order valence-electron chi connectivity index (χ4n) is 4.79. The second-order valence-corrected chi connectivity index (χ2v) is 9.07. The van der Waals surface area contributed by atoms with Gasteiger partial charge in [0.1, 0.15) is 5.69 Å². The molecule has 3 aromatic heterocycles. The van der Waals surface area contributed by atoms with Gasteiger partial charge in [0, 0.05) is 43.5 Å². The quantitative estimate of drug-likeness (QED) is 0.611. The van der Waals surface area contributed by atoms with E-state index in [9.17, 15) is 4.79 Å². The van der Waals surface area contributed by atoms with E-state index in [0.29, 0.717) is 24.1 Å². The summed E-state index contributed by atoms with van der Waals surface area (Å²) < 4.78 is 5.45. The number of carbonyl (C=O) groups is 1. The number of nitrogens with one attached hydrogen (secondary N) is 2. The van der Waals surface area contributed by atoms with Crippen LogP contribution in [0.25, 0.3) is 0 Å². The van der Waals surface area contributed by atoms with E-state index in [4.69, 9.17) is 9.72 Å². The lowest BCUT2D eigenvalue weighted by atomic mass is 10.0. The number of hydrogen-bond acceptors (Lipinski definition) is 9. The number of aromatic nitrogens is 4. The summed E-state index contributed by atoms with van der Waals surface area (Å²) in [6.07, 6.45) is 7.39. The molecule has 0 aromatic carbocycles. The lowest BCUT2D eigenvalue weighted by Crippen LogP contribution is -2.33. The van der Waals surface area contributed by atoms with Crippen molar-refractivity contribution < 1.29 is 9.53 Å². The number of nitrogens with zero attached hydrogens (tertiary/aromatic N) is 6. The topological polar surface area (TPSA) is 108 Å². The fourth-order valence-corrected chi connectivity index (χ4v) is 4.79. The number of hydrogen-bond donors (Lipinski definition) is 2. The van der Waals surface area contributed by atoms with Crippen LogP contribution in [0.1, 0.15) is 28.1 Å². The molecule has 6 rings (SSSR count). The van der Waals surface area contributed by atoms with Gasteiger partial charge in [0.2, 0.25) is 11.8 Å². The van der Waals surface area contributed by atoms with Crippen LogP contribution in [0, 0.1) is 6.92 Å². The Balaban J connectivity index is 1.23. The Labute approximate surface area is 197 Å². The maximum absolute atomic E-state index is 11.8. The average molecular weight is 459 g/mol. The lowest BCUT2D eigenvalue weighted by Gasteiger charge is -2.32. The van der Waals surface area contributed by atoms with Gasteiger partial charge in [0.05, 0.1) is 36.0 Å². The standard InChI is InChI=1S/C24H26N8O2/c1-14-20(10-26-23-22(14)30-21(33)13-34-23)32-6-3-15-8-27-24(29-19(15)12-32)28-17-7-16-11-31(2)5-4-18(16)25-9-17/h7-10H,3-6,11-13H2,1-2H3,(H,30,33)(H,27,28,29). The zero-order valence-electron chi connectivity index (χ0n) is 19.3. The first kappa shape index (κ1) is 20.8. The first-order chi connectivity index (χ1) is 16.5. The van der Waals surface area contributed by atoms with Crippen molar-refractivity contribution in [1.82, 2.24) is 24.8 Å². The molecule has 2 N–H and O–H groups in total. The van der Waals surface area contributed by atoms with E-state index >= 15 is 0 Å². The zero-order chi connectivity index (χ0) is 23.2. The minimum absolute atomic E-state index is 0.000978. The Bertz CT molecular complexity index is 1290. The number of rotatable bonds is 3. The number of ether oxygens (including phenoxy) is 1. The highest BCUT2D eigenvalue weighted by molar-refractivity contribution is 5.96. The molecule has 3 aromatic rings. The highest BCUT2D eigenvalue weighted by Crippen LogP contribution is 2.36. The molecule has 1 amide bonds. The van der Waals surface area contributed by atoms with E-state index in [1.165, 1.54) is 11.3 Å². The molecule has 0 fully saturated rings. The molecule has 0 spiro atoms. The van der Waals surface area contributed by atoms with Crippen molar-refractivity contribution in [3.63, 3.8) is 0 Å². The van der Waals surface area contributed by atoms with Crippen LogP contribution >= 0.6 is 0 Å². The van der Waals surface area contributed by atoms with Gasteiger partial charge in [0.25, 0.3) is 5.91 Å². The Morgan fingerprint density at radius 2 is 1.94 bits per heavy atom. The van der Waals surface area contributed by atoms with E-state index in [0.717, 1.165) is 60.7 Å². The van der Waals surface area contributed by atoms with Gasteiger partial charge in [-0.05, 0) is 37.6 Å². The van der Waals surface area contributed by atoms with Crippen molar-refractivity contribution in [3.05, 3.63) is 52.7 Å². The second kappa shape index (κ2) is 8.21. The van der Waals surface area contributed by atoms with Crippen molar-refractivity contribution in [2.75, 3.05) is 42.3 Å². The summed E-state index contributed by atoms with van der Waals surface area (Å²) >= 11 is 0. The van der Waals surface area contributed by atoms with Gasteiger partial charge in [-0.1, -0.05) is 0 Å². The molecule has 3 aliphatic rings. The molecule has 3 aliphatic heterocycles. The van der Waals surface area contributed by atoms with Gasteiger partial charge in [-0.2, -0.15) is 0 Å². The minimum atomic E-state index is -0.162. The van der Waals surface area contributed by atoms with Crippen LogP contribution in [0.3, 0.4) is 0 Å². The average Bonchev–Trinajstić information content (AvgIpc) is 2.84. The molecule has 34 heavy (non-hydrogen) atoms. The molecular weight excluding hydrogens is 432 g/mol. The summed E-state index contributed by atoms with van der Waals surface area (Å²) in [5.74, 6) is 0.870. The van der Waals surface area contributed by atoms with Gasteiger partial charge in [0.15, 0.2) is 6.61 Å². The van der Waals surface area contributed by atoms with Gasteiger partial charge in [-0.25, -0.2) is 15.0 Å². The maximum Gasteiger partial charge on any atom is 0.262 e. The Kier molecular flexibility index (Phi) is 5.02. The smallest absolute Gasteiger partial charge is 0.262 e. The van der Waals surface area contributed by atoms with Crippen LogP contribution in [-0.4, -0.2) is 57.5 Å². The number of fused-ring (bicyclic) bond motifs is 3. The lowest BCUT2D eigenvalue weighted by molar-refractivity contribution is -0.118. The maximum atomic E-state index is 11.8. The summed E-state index contributed by atoms with van der Waals surface area (Å²) in [5.41, 5.74) is 7.99. The SMILES string of the molecule is Cc1c(N2CCc3cnc(Nc4cnc5c(c4)CN(C)CC5)nc3C2)cnc2c1NC(=O)CO2. The van der Waals surface area contributed by atoms with Crippen LogP contribution in [0.5, 0.6) is 5.88 Å². The molecule has 0 aliphatic carbocycles. The van der Waals surface area contributed by atoms with Crippen molar-refractivity contribution in [3.8, 4) is 5.88 Å². The van der Waals surface area contributed by atoms with E-state index < -0.39 is 0 Å². The molecule has 0 saturated carbocycles. The van der Waals surface area contributed by atoms with Crippen molar-refractivity contribution in [2.45, 2.75) is 32.9 Å². The molecular formula is C24H26N8O2. The van der Waals surface area contributed by atoms with Crippen molar-refractivity contribution in [2.24, 2.45) is 0 Å². The first-order valence-corrected chi connectivity index (χ1v) is 11.5. The van der Waals surface area contributed by atoms with Crippen LogP contribution in [0.15, 0.2) is 24.7 Å². The normalized spacial score (nSPS) is 17.2. The summed E-state index contributed by atoms with van der Waals surface area (Å²) in [5, 5.41) is 6.22. The van der Waals surface area contributed by atoms with Gasteiger partial charge >= 0.3 is 0 Å². The number of amides is 1. The summed E-state index contributed by atoms with van der Waals surface area (Å²) in [4.78, 5) is 34.8. The van der Waals surface area contributed by atoms with Crippen molar-refractivity contribution in [1.29, 1.82) is 0 Å². The molecule has 0 atom stereocenters. The molecule has 0 saturated heterocycles. The molecule has 10 heteroatoms. The summed E-state index contributed by atoms with van der Waals surface area (Å²) in [7, 11) is 2.13. The van der Waals surface area contributed by atoms with E-state index in [1.54, 1.807) is 0 Å². The molecule has 0 bridgehead atoms. The molecule has 174 valence electrons. The molecule has 10 nitrogen and oxygen atoms in total. The number of anilines is 4. The number of pyridine rings is 2. The third kappa shape index (κ3) is 3.79. The third-order valence-electron chi connectivity index (χ3n) is 6.65.